The number of nitrogens with zero attached hydrogens (tertiary/aromatic N) is 2. The molecule has 110 valence electrons. The van der Waals surface area contributed by atoms with Gasteiger partial charge in [0.2, 0.25) is 0 Å². The summed E-state index contributed by atoms with van der Waals surface area (Å²) in [5, 5.41) is 9.54. The second-order valence-electron chi connectivity index (χ2n) is 6.28. The van der Waals surface area contributed by atoms with E-state index in [2.05, 4.69) is 25.7 Å². The molecule has 1 aromatic rings. The number of hydrogen-bond acceptors (Lipinski definition) is 3. The van der Waals surface area contributed by atoms with E-state index in [1.165, 1.54) is 0 Å². The number of hydrogen-bond donors (Lipinski definition) is 0. The van der Waals surface area contributed by atoms with Gasteiger partial charge < -0.3 is 9.64 Å². The quantitative estimate of drug-likeness (QED) is 0.447. The van der Waals surface area contributed by atoms with Crippen LogP contribution in [0.4, 0.5) is 5.69 Å². The van der Waals surface area contributed by atoms with E-state index < -0.39 is 8.07 Å². The standard InChI is InChI=1S/C15H23ClN2OSi/c1-12-8-14(16)13(10-17)9-15(12)18(2)11-19-6-7-20(3,4)5/h8-9H,6-7,11H2,1-5H3. The van der Waals surface area contributed by atoms with Gasteiger partial charge in [0.25, 0.3) is 0 Å². The van der Waals surface area contributed by atoms with Crippen LogP contribution in [0.5, 0.6) is 0 Å². The van der Waals surface area contributed by atoms with Crippen molar-refractivity contribution in [3.05, 3.63) is 28.3 Å². The van der Waals surface area contributed by atoms with Crippen LogP contribution in [-0.2, 0) is 4.74 Å². The lowest BCUT2D eigenvalue weighted by atomic mass is 10.1. The Kier molecular flexibility index (Phi) is 6.06. The molecule has 0 radical (unpaired) electrons. The van der Waals surface area contributed by atoms with Crippen molar-refractivity contribution in [2.45, 2.75) is 32.6 Å². The third kappa shape index (κ3) is 5.16. The van der Waals surface area contributed by atoms with Gasteiger partial charge in [-0.05, 0) is 30.7 Å². The topological polar surface area (TPSA) is 36.3 Å². The number of anilines is 1. The number of rotatable bonds is 6. The Labute approximate surface area is 128 Å². The van der Waals surface area contributed by atoms with Crippen LogP contribution >= 0.6 is 11.6 Å². The Balaban J connectivity index is 2.64. The van der Waals surface area contributed by atoms with Gasteiger partial charge in [0.05, 0.1) is 10.6 Å². The van der Waals surface area contributed by atoms with Gasteiger partial charge in [-0.3, -0.25) is 0 Å². The third-order valence-corrected chi connectivity index (χ3v) is 5.12. The largest absolute Gasteiger partial charge is 0.361 e. The maximum Gasteiger partial charge on any atom is 0.118 e. The Bertz CT molecular complexity index is 506. The zero-order chi connectivity index (χ0) is 15.3. The van der Waals surface area contributed by atoms with Crippen LogP contribution in [-0.4, -0.2) is 28.5 Å². The summed E-state index contributed by atoms with van der Waals surface area (Å²) in [6.45, 7) is 10.3. The molecule has 0 unspecified atom stereocenters. The molecule has 3 nitrogen and oxygen atoms in total. The molecule has 20 heavy (non-hydrogen) atoms. The van der Waals surface area contributed by atoms with E-state index in [4.69, 9.17) is 21.6 Å². The summed E-state index contributed by atoms with van der Waals surface area (Å²) < 4.78 is 5.73. The van der Waals surface area contributed by atoms with E-state index in [9.17, 15) is 0 Å². The minimum Gasteiger partial charge on any atom is -0.361 e. The average molecular weight is 311 g/mol. The SMILES string of the molecule is Cc1cc(Cl)c(C#N)cc1N(C)COCC[Si](C)(C)C. The van der Waals surface area contributed by atoms with Crippen LogP contribution in [0, 0.1) is 18.3 Å². The first-order chi connectivity index (χ1) is 9.24. The highest BCUT2D eigenvalue weighted by Gasteiger charge is 2.13. The van der Waals surface area contributed by atoms with Gasteiger partial charge in [0, 0.05) is 27.4 Å². The summed E-state index contributed by atoms with van der Waals surface area (Å²) in [6.07, 6.45) is 0. The smallest absolute Gasteiger partial charge is 0.118 e. The molecule has 0 fully saturated rings. The normalized spacial score (nSPS) is 11.2. The van der Waals surface area contributed by atoms with E-state index in [0.29, 0.717) is 17.3 Å². The second kappa shape index (κ2) is 7.12. The average Bonchev–Trinajstić information content (AvgIpc) is 2.33. The predicted molar refractivity (Wildman–Crippen MR) is 88.3 cm³/mol. The van der Waals surface area contributed by atoms with Crippen molar-refractivity contribution in [1.82, 2.24) is 0 Å². The molecular formula is C15H23ClN2OSi. The Morgan fingerprint density at radius 1 is 1.35 bits per heavy atom. The minimum absolute atomic E-state index is 0.501. The van der Waals surface area contributed by atoms with Gasteiger partial charge in [-0.25, -0.2) is 0 Å². The lowest BCUT2D eigenvalue weighted by Crippen LogP contribution is -2.26. The highest BCUT2D eigenvalue weighted by atomic mass is 35.5. The Morgan fingerprint density at radius 3 is 2.55 bits per heavy atom. The molecule has 0 amide bonds. The number of benzene rings is 1. The van der Waals surface area contributed by atoms with Crippen molar-refractivity contribution >= 4 is 25.4 Å². The molecule has 1 aromatic carbocycles. The fraction of sp³-hybridized carbons (Fsp3) is 0.533. The lowest BCUT2D eigenvalue weighted by molar-refractivity contribution is 0.150. The van der Waals surface area contributed by atoms with Gasteiger partial charge in [-0.15, -0.1) is 0 Å². The molecule has 0 spiro atoms. The first-order valence-electron chi connectivity index (χ1n) is 6.74. The molecule has 0 saturated heterocycles. The number of nitriles is 1. The highest BCUT2D eigenvalue weighted by Crippen LogP contribution is 2.26. The molecule has 0 aliphatic heterocycles. The molecule has 0 aromatic heterocycles. The summed E-state index contributed by atoms with van der Waals surface area (Å²) in [6, 6.07) is 6.91. The first-order valence-corrected chi connectivity index (χ1v) is 10.8. The van der Waals surface area contributed by atoms with Crippen LogP contribution in [0.15, 0.2) is 12.1 Å². The lowest BCUT2D eigenvalue weighted by Gasteiger charge is -2.23. The highest BCUT2D eigenvalue weighted by molar-refractivity contribution is 6.76. The minimum atomic E-state index is -1.05. The summed E-state index contributed by atoms with van der Waals surface area (Å²) in [4.78, 5) is 2.01. The van der Waals surface area contributed by atoms with Crippen LogP contribution in [0.3, 0.4) is 0 Å². The Morgan fingerprint density at radius 2 is 2.00 bits per heavy atom. The van der Waals surface area contributed by atoms with Crippen LogP contribution < -0.4 is 4.90 Å². The van der Waals surface area contributed by atoms with Gasteiger partial charge in [0.15, 0.2) is 0 Å². The zero-order valence-corrected chi connectivity index (χ0v) is 14.7. The maximum absolute atomic E-state index is 9.04. The van der Waals surface area contributed by atoms with Crippen LogP contribution in [0.2, 0.25) is 30.7 Å². The van der Waals surface area contributed by atoms with Gasteiger partial charge >= 0.3 is 0 Å². The molecule has 0 N–H and O–H groups in total. The fourth-order valence-corrected chi connectivity index (χ4v) is 2.82. The molecule has 0 saturated carbocycles. The molecule has 0 atom stereocenters. The van der Waals surface area contributed by atoms with E-state index >= 15 is 0 Å². The second-order valence-corrected chi connectivity index (χ2v) is 12.3. The molecule has 0 aliphatic carbocycles. The molecular weight excluding hydrogens is 288 g/mol. The van der Waals surface area contributed by atoms with Crippen molar-refractivity contribution in [1.29, 1.82) is 5.26 Å². The summed E-state index contributed by atoms with van der Waals surface area (Å²) in [5.74, 6) is 0. The summed E-state index contributed by atoms with van der Waals surface area (Å²) in [5.41, 5.74) is 2.53. The van der Waals surface area contributed by atoms with Crippen molar-refractivity contribution in [3.63, 3.8) is 0 Å². The number of ether oxygens (including phenoxy) is 1. The van der Waals surface area contributed by atoms with Crippen LogP contribution in [0.25, 0.3) is 0 Å². The zero-order valence-electron chi connectivity index (χ0n) is 13.0. The molecule has 0 aliphatic rings. The van der Waals surface area contributed by atoms with Crippen molar-refractivity contribution < 1.29 is 4.74 Å². The molecule has 1 rings (SSSR count). The van der Waals surface area contributed by atoms with Crippen LogP contribution in [0.1, 0.15) is 11.1 Å². The monoisotopic (exact) mass is 310 g/mol. The van der Waals surface area contributed by atoms with Gasteiger partial charge in [-0.2, -0.15) is 5.26 Å². The Hall–Kier alpha value is -1.02. The third-order valence-electron chi connectivity index (χ3n) is 3.10. The molecule has 0 bridgehead atoms. The van der Waals surface area contributed by atoms with Gasteiger partial charge in [0.1, 0.15) is 12.8 Å². The molecule has 5 heteroatoms. The number of halogens is 1. The summed E-state index contributed by atoms with van der Waals surface area (Å²) >= 11 is 6.02. The number of aryl methyl sites for hydroxylation is 1. The van der Waals surface area contributed by atoms with Crippen molar-refractivity contribution in [3.8, 4) is 6.07 Å². The maximum atomic E-state index is 9.04. The van der Waals surface area contributed by atoms with Gasteiger partial charge in [-0.1, -0.05) is 31.2 Å². The predicted octanol–water partition coefficient (Wildman–Crippen LogP) is 4.27. The fourth-order valence-electron chi connectivity index (χ4n) is 1.81. The van der Waals surface area contributed by atoms with E-state index in [1.54, 1.807) is 0 Å². The van der Waals surface area contributed by atoms with Crippen molar-refractivity contribution in [2.24, 2.45) is 0 Å². The van der Waals surface area contributed by atoms with Crippen molar-refractivity contribution in [2.75, 3.05) is 25.3 Å². The summed E-state index contributed by atoms with van der Waals surface area (Å²) in [7, 11) is 0.919. The first kappa shape index (κ1) is 17.0. The molecule has 0 heterocycles. The van der Waals surface area contributed by atoms with E-state index in [0.717, 1.165) is 23.9 Å². The van der Waals surface area contributed by atoms with E-state index in [1.807, 2.05) is 31.0 Å². The van der Waals surface area contributed by atoms with E-state index in [-0.39, 0.29) is 0 Å².